The average molecular weight is 506 g/mol. The predicted octanol–water partition coefficient (Wildman–Crippen LogP) is 5.28. The fourth-order valence-corrected chi connectivity index (χ4v) is 6.03. The van der Waals surface area contributed by atoms with Crippen LogP contribution in [-0.4, -0.2) is 74.6 Å². The zero-order valence-electron chi connectivity index (χ0n) is 20.7. The maximum Gasteiger partial charge on any atom is 0.213 e. The minimum atomic E-state index is -3.11. The Labute approximate surface area is 211 Å². The molecular weight excluding hydrogens is 466 g/mol. The third kappa shape index (κ3) is 8.06. The van der Waals surface area contributed by atoms with Gasteiger partial charge in [0.25, 0.3) is 0 Å². The summed E-state index contributed by atoms with van der Waals surface area (Å²) in [6, 6.07) is 19.2. The molecule has 188 valence electrons. The Morgan fingerprint density at radius 2 is 1.53 bits per heavy atom. The van der Waals surface area contributed by atoms with E-state index < -0.39 is 10.0 Å². The minimum Gasteiger partial charge on any atom is -0.301 e. The molecule has 1 atom stereocenters. The summed E-state index contributed by atoms with van der Waals surface area (Å²) in [5, 5.41) is 0.765. The highest BCUT2D eigenvalue weighted by atomic mass is 35.5. The maximum atomic E-state index is 12.4. The van der Waals surface area contributed by atoms with Crippen molar-refractivity contribution < 1.29 is 8.42 Å². The van der Waals surface area contributed by atoms with Gasteiger partial charge in [-0.3, -0.25) is 4.90 Å². The maximum absolute atomic E-state index is 12.4. The lowest BCUT2D eigenvalue weighted by molar-refractivity contribution is 0.108. The summed E-state index contributed by atoms with van der Waals surface area (Å²) in [4.78, 5) is 5.08. The monoisotopic (exact) mass is 505 g/mol. The van der Waals surface area contributed by atoms with E-state index >= 15 is 0 Å². The lowest BCUT2D eigenvalue weighted by Gasteiger charge is -2.40. The molecule has 0 radical (unpaired) electrons. The van der Waals surface area contributed by atoms with Gasteiger partial charge in [-0.05, 0) is 49.1 Å². The number of piperazine rings is 1. The van der Waals surface area contributed by atoms with E-state index in [0.29, 0.717) is 6.54 Å². The van der Waals surface area contributed by atoms with Crippen LogP contribution in [0.3, 0.4) is 0 Å². The number of nitrogens with zero attached hydrogens (tertiary/aromatic N) is 3. The van der Waals surface area contributed by atoms with Gasteiger partial charge in [-0.2, -0.15) is 0 Å². The molecule has 0 aliphatic carbocycles. The zero-order valence-corrected chi connectivity index (χ0v) is 22.3. The fraction of sp³-hybridized carbons (Fsp3) is 0.556. The van der Waals surface area contributed by atoms with E-state index in [1.807, 2.05) is 12.1 Å². The Hall–Kier alpha value is -1.44. The lowest BCUT2D eigenvalue weighted by atomic mass is 9.96. The molecule has 1 fully saturated rings. The Kier molecular flexibility index (Phi) is 10.9. The van der Waals surface area contributed by atoms with Crippen molar-refractivity contribution in [2.75, 3.05) is 52.1 Å². The predicted molar refractivity (Wildman–Crippen MR) is 143 cm³/mol. The Morgan fingerprint density at radius 1 is 0.882 bits per heavy atom. The molecule has 1 heterocycles. The molecule has 7 heteroatoms. The van der Waals surface area contributed by atoms with Crippen LogP contribution in [0.15, 0.2) is 54.6 Å². The molecule has 1 aliphatic heterocycles. The Morgan fingerprint density at radius 3 is 2.18 bits per heavy atom. The first-order valence-corrected chi connectivity index (χ1v) is 14.6. The van der Waals surface area contributed by atoms with Gasteiger partial charge in [0.2, 0.25) is 10.0 Å². The van der Waals surface area contributed by atoms with Crippen LogP contribution in [0.5, 0.6) is 0 Å². The highest BCUT2D eigenvalue weighted by molar-refractivity contribution is 7.89. The van der Waals surface area contributed by atoms with Gasteiger partial charge < -0.3 is 4.90 Å². The number of benzene rings is 2. The van der Waals surface area contributed by atoms with Gasteiger partial charge >= 0.3 is 0 Å². The first-order chi connectivity index (χ1) is 16.4. The van der Waals surface area contributed by atoms with E-state index in [1.165, 1.54) is 15.4 Å². The van der Waals surface area contributed by atoms with Crippen molar-refractivity contribution in [2.45, 2.75) is 45.1 Å². The molecule has 3 rings (SSSR count). The third-order valence-corrected chi connectivity index (χ3v) is 8.94. The molecule has 0 N–H and O–H groups in total. The van der Waals surface area contributed by atoms with E-state index in [1.54, 1.807) is 7.05 Å². The first-order valence-electron chi connectivity index (χ1n) is 12.6. The lowest BCUT2D eigenvalue weighted by Crippen LogP contribution is -2.48. The van der Waals surface area contributed by atoms with Crippen molar-refractivity contribution in [3.8, 4) is 0 Å². The molecule has 1 unspecified atom stereocenters. The number of hydrogen-bond donors (Lipinski definition) is 0. The van der Waals surface area contributed by atoms with Crippen molar-refractivity contribution in [2.24, 2.45) is 0 Å². The fourth-order valence-electron chi connectivity index (χ4n) is 4.61. The van der Waals surface area contributed by atoms with Gasteiger partial charge in [-0.15, -0.1) is 0 Å². The van der Waals surface area contributed by atoms with Gasteiger partial charge in [-0.1, -0.05) is 73.8 Å². The molecule has 0 saturated carbocycles. The van der Waals surface area contributed by atoms with Gasteiger partial charge in [0.15, 0.2) is 0 Å². The van der Waals surface area contributed by atoms with Crippen molar-refractivity contribution in [3.05, 3.63) is 70.7 Å². The summed E-state index contributed by atoms with van der Waals surface area (Å²) in [6.07, 6.45) is 4.68. The van der Waals surface area contributed by atoms with Crippen molar-refractivity contribution >= 4 is 21.6 Å². The van der Waals surface area contributed by atoms with E-state index in [-0.39, 0.29) is 11.8 Å². The van der Waals surface area contributed by atoms with Crippen LogP contribution >= 0.6 is 11.6 Å². The summed E-state index contributed by atoms with van der Waals surface area (Å²) in [5.74, 6) is 0.265. The normalized spacial score (nSPS) is 16.7. The number of unbranched alkanes of at least 4 members (excludes halogenated alkanes) is 3. The highest BCUT2D eigenvalue weighted by Crippen LogP contribution is 2.30. The Bertz CT molecular complexity index is 946. The van der Waals surface area contributed by atoms with Crippen LogP contribution < -0.4 is 0 Å². The topological polar surface area (TPSA) is 43.9 Å². The standard InChI is InChI=1S/C27H40ClN3O2S/c1-3-4-17-29(2)34(32,33)23-10-6-9-18-30-19-21-31(22-20-30)27(24-11-7-5-8-12-24)25-13-15-26(28)16-14-25/h5,7-8,11-16,27H,3-4,6,9-10,17-23H2,1-2H3. The van der Waals surface area contributed by atoms with Gasteiger partial charge in [0.05, 0.1) is 11.8 Å². The summed E-state index contributed by atoms with van der Waals surface area (Å²) >= 11 is 6.14. The van der Waals surface area contributed by atoms with Crippen LogP contribution in [0, 0.1) is 0 Å². The summed E-state index contributed by atoms with van der Waals surface area (Å²) in [5.41, 5.74) is 2.58. The van der Waals surface area contributed by atoms with Crippen LogP contribution in [0.2, 0.25) is 5.02 Å². The molecular formula is C27H40ClN3O2S. The largest absolute Gasteiger partial charge is 0.301 e. The van der Waals surface area contributed by atoms with E-state index in [0.717, 1.165) is 69.9 Å². The molecule has 0 aromatic heterocycles. The SMILES string of the molecule is CCCCN(C)S(=O)(=O)CCCCCN1CCN(C(c2ccccc2)c2ccc(Cl)cc2)CC1. The van der Waals surface area contributed by atoms with E-state index in [4.69, 9.17) is 11.6 Å². The summed E-state index contributed by atoms with van der Waals surface area (Å²) in [6.45, 7) is 7.85. The average Bonchev–Trinajstić information content (AvgIpc) is 2.85. The number of rotatable bonds is 13. The van der Waals surface area contributed by atoms with Crippen LogP contribution in [-0.2, 0) is 10.0 Å². The third-order valence-electron chi connectivity index (χ3n) is 6.75. The highest BCUT2D eigenvalue weighted by Gasteiger charge is 2.26. The summed E-state index contributed by atoms with van der Waals surface area (Å²) < 4.78 is 26.2. The molecule has 34 heavy (non-hydrogen) atoms. The number of halogens is 1. The van der Waals surface area contributed by atoms with E-state index in [9.17, 15) is 8.42 Å². The van der Waals surface area contributed by atoms with E-state index in [2.05, 4.69) is 59.2 Å². The molecule has 0 bridgehead atoms. The second-order valence-electron chi connectivity index (χ2n) is 9.29. The summed E-state index contributed by atoms with van der Waals surface area (Å²) in [7, 11) is -1.40. The molecule has 2 aromatic rings. The smallest absolute Gasteiger partial charge is 0.213 e. The molecule has 0 amide bonds. The number of hydrogen-bond acceptors (Lipinski definition) is 4. The second kappa shape index (κ2) is 13.6. The van der Waals surface area contributed by atoms with Gasteiger partial charge in [-0.25, -0.2) is 12.7 Å². The van der Waals surface area contributed by atoms with Crippen LogP contribution in [0.25, 0.3) is 0 Å². The molecule has 0 spiro atoms. The van der Waals surface area contributed by atoms with Crippen molar-refractivity contribution in [1.29, 1.82) is 0 Å². The zero-order chi connectivity index (χ0) is 24.4. The molecule has 1 aliphatic rings. The minimum absolute atomic E-state index is 0.232. The quantitative estimate of drug-likeness (QED) is 0.347. The number of sulfonamides is 1. The van der Waals surface area contributed by atoms with Crippen LogP contribution in [0.1, 0.15) is 56.2 Å². The van der Waals surface area contributed by atoms with Gasteiger partial charge in [0.1, 0.15) is 0 Å². The van der Waals surface area contributed by atoms with Gasteiger partial charge in [0, 0.05) is 44.8 Å². The Balaban J connectivity index is 1.45. The molecule has 2 aromatic carbocycles. The van der Waals surface area contributed by atoms with Crippen LogP contribution in [0.4, 0.5) is 0 Å². The molecule has 5 nitrogen and oxygen atoms in total. The first kappa shape index (κ1) is 27.2. The van der Waals surface area contributed by atoms with Crippen molar-refractivity contribution in [1.82, 2.24) is 14.1 Å². The molecule has 1 saturated heterocycles. The second-order valence-corrected chi connectivity index (χ2v) is 11.9. The van der Waals surface area contributed by atoms with Crippen molar-refractivity contribution in [3.63, 3.8) is 0 Å².